The van der Waals surface area contributed by atoms with Gasteiger partial charge >= 0.3 is 6.09 Å². The fourth-order valence-electron chi connectivity index (χ4n) is 2.90. The minimum absolute atomic E-state index is 0.240. The summed E-state index contributed by atoms with van der Waals surface area (Å²) in [6.45, 7) is 3.85. The van der Waals surface area contributed by atoms with E-state index in [1.807, 2.05) is 6.07 Å². The van der Waals surface area contributed by atoms with Crippen LogP contribution in [-0.4, -0.2) is 64.5 Å². The van der Waals surface area contributed by atoms with Gasteiger partial charge in [0.05, 0.1) is 5.69 Å². The first-order valence-electron chi connectivity index (χ1n) is 7.60. The van der Waals surface area contributed by atoms with Gasteiger partial charge in [-0.25, -0.2) is 9.48 Å². The molecule has 1 unspecified atom stereocenters. The zero-order valence-electron chi connectivity index (χ0n) is 12.7. The molecule has 120 valence electrons. The second-order valence-corrected chi connectivity index (χ2v) is 5.85. The molecule has 0 saturated carbocycles. The highest BCUT2D eigenvalue weighted by atomic mass is 16.4. The largest absolute Gasteiger partial charge is 0.465 e. The van der Waals surface area contributed by atoms with Gasteiger partial charge in [0.2, 0.25) is 0 Å². The van der Waals surface area contributed by atoms with Crippen LogP contribution in [0.3, 0.4) is 0 Å². The third-order valence-corrected chi connectivity index (χ3v) is 4.34. The first-order valence-corrected chi connectivity index (χ1v) is 7.60. The van der Waals surface area contributed by atoms with E-state index in [2.05, 4.69) is 15.3 Å². The van der Waals surface area contributed by atoms with E-state index in [1.54, 1.807) is 11.7 Å². The monoisotopic (exact) mass is 307 g/mol. The lowest BCUT2D eigenvalue weighted by Gasteiger charge is -2.30. The number of aromatic nitrogens is 2. The molecule has 0 spiro atoms. The predicted octanol–water partition coefficient (Wildman–Crippen LogP) is 0.134. The third-order valence-electron chi connectivity index (χ3n) is 4.34. The van der Waals surface area contributed by atoms with Crippen LogP contribution in [-0.2, 0) is 17.8 Å². The molecule has 0 radical (unpaired) electrons. The number of nitrogens with zero attached hydrogens (tertiary/aromatic N) is 4. The molecule has 1 saturated heterocycles. The number of anilines is 1. The van der Waals surface area contributed by atoms with Crippen LogP contribution in [0.1, 0.15) is 18.5 Å². The van der Waals surface area contributed by atoms with Crippen molar-refractivity contribution in [1.82, 2.24) is 20.0 Å². The summed E-state index contributed by atoms with van der Waals surface area (Å²) < 4.78 is 1.80. The Balaban J connectivity index is 1.70. The molecule has 2 N–H and O–H groups in total. The predicted molar refractivity (Wildman–Crippen MR) is 80.0 cm³/mol. The normalized spacial score (nSPS) is 22.0. The van der Waals surface area contributed by atoms with Crippen molar-refractivity contribution in [2.75, 3.05) is 31.6 Å². The van der Waals surface area contributed by atoms with Crippen LogP contribution >= 0.6 is 0 Å². The molecule has 0 aliphatic carbocycles. The zero-order valence-corrected chi connectivity index (χ0v) is 12.7. The van der Waals surface area contributed by atoms with Crippen molar-refractivity contribution < 1.29 is 14.7 Å². The lowest BCUT2D eigenvalue weighted by molar-refractivity contribution is -0.120. The maximum atomic E-state index is 12.3. The summed E-state index contributed by atoms with van der Waals surface area (Å²) >= 11 is 0. The Bertz CT molecular complexity index is 581. The molecule has 2 aliphatic rings. The maximum Gasteiger partial charge on any atom is 0.405 e. The molecule has 1 atom stereocenters. The van der Waals surface area contributed by atoms with Crippen LogP contribution in [0.4, 0.5) is 10.6 Å². The Kier molecular flexibility index (Phi) is 4.02. The van der Waals surface area contributed by atoms with Gasteiger partial charge in [0.25, 0.3) is 5.91 Å². The van der Waals surface area contributed by atoms with Gasteiger partial charge in [0.1, 0.15) is 11.9 Å². The highest BCUT2D eigenvalue weighted by molar-refractivity contribution is 5.97. The fraction of sp³-hybridized carbons (Fsp3) is 0.643. The number of likely N-dealkylation sites (N-methyl/N-ethyl adjacent to an activating group) is 1. The Morgan fingerprint density at radius 1 is 1.45 bits per heavy atom. The van der Waals surface area contributed by atoms with Gasteiger partial charge in [-0.05, 0) is 25.9 Å². The number of fused-ring (bicyclic) bond motifs is 1. The summed E-state index contributed by atoms with van der Waals surface area (Å²) in [5.74, 6) is 0.494. The summed E-state index contributed by atoms with van der Waals surface area (Å²) in [5.41, 5.74) is 0.978. The smallest absolute Gasteiger partial charge is 0.405 e. The molecule has 1 aromatic rings. The summed E-state index contributed by atoms with van der Waals surface area (Å²) in [4.78, 5) is 27.0. The van der Waals surface area contributed by atoms with Crippen LogP contribution in [0.25, 0.3) is 0 Å². The molecule has 3 rings (SSSR count). The van der Waals surface area contributed by atoms with E-state index in [-0.39, 0.29) is 5.91 Å². The van der Waals surface area contributed by atoms with Crippen LogP contribution in [0.15, 0.2) is 6.07 Å². The third kappa shape index (κ3) is 2.92. The molecule has 2 amide bonds. The minimum atomic E-state index is -1.18. The van der Waals surface area contributed by atoms with Gasteiger partial charge in [0, 0.05) is 32.6 Å². The Morgan fingerprint density at radius 2 is 2.23 bits per heavy atom. The Hall–Kier alpha value is -2.09. The van der Waals surface area contributed by atoms with E-state index in [9.17, 15) is 9.59 Å². The van der Waals surface area contributed by atoms with Crippen molar-refractivity contribution in [1.29, 1.82) is 0 Å². The minimum Gasteiger partial charge on any atom is -0.465 e. The molecule has 2 aliphatic heterocycles. The number of hydrogen-bond acceptors (Lipinski definition) is 4. The summed E-state index contributed by atoms with van der Waals surface area (Å²) in [5, 5.41) is 15.6. The number of carbonyl (C=O) groups is 2. The standard InChI is InChI=1S/C14H21N5O3/c1-17-12-9-10(3-7-18-5-2-6-18)16-19(12)8-4-11(13(17)20)15-14(21)22/h9,11,15H,2-8H2,1H3,(H,21,22). The Morgan fingerprint density at radius 3 is 2.86 bits per heavy atom. The lowest BCUT2D eigenvalue weighted by atomic mass is 10.2. The molecule has 22 heavy (non-hydrogen) atoms. The first-order chi connectivity index (χ1) is 10.5. The van der Waals surface area contributed by atoms with Crippen molar-refractivity contribution in [2.24, 2.45) is 0 Å². The topological polar surface area (TPSA) is 90.7 Å². The molecule has 8 nitrogen and oxygen atoms in total. The number of hydrogen-bond donors (Lipinski definition) is 2. The molecule has 0 bridgehead atoms. The fourth-order valence-corrected chi connectivity index (χ4v) is 2.90. The number of rotatable bonds is 4. The first kappa shape index (κ1) is 14.8. The van der Waals surface area contributed by atoms with Crippen LogP contribution in [0, 0.1) is 0 Å². The number of nitrogens with one attached hydrogen (secondary N) is 1. The van der Waals surface area contributed by atoms with E-state index in [1.165, 1.54) is 11.3 Å². The average molecular weight is 307 g/mol. The highest BCUT2D eigenvalue weighted by Gasteiger charge is 2.30. The lowest BCUT2D eigenvalue weighted by Crippen LogP contribution is -2.46. The van der Waals surface area contributed by atoms with Gasteiger partial charge in [-0.15, -0.1) is 0 Å². The van der Waals surface area contributed by atoms with Gasteiger partial charge in [-0.2, -0.15) is 5.10 Å². The van der Waals surface area contributed by atoms with E-state index < -0.39 is 12.1 Å². The van der Waals surface area contributed by atoms with Crippen molar-refractivity contribution in [3.8, 4) is 0 Å². The van der Waals surface area contributed by atoms with E-state index in [0.717, 1.165) is 37.6 Å². The number of aryl methyl sites for hydroxylation is 1. The van der Waals surface area contributed by atoms with Crippen molar-refractivity contribution in [2.45, 2.75) is 31.8 Å². The molecule has 0 aromatic carbocycles. The molecular formula is C14H21N5O3. The molecule has 3 heterocycles. The summed E-state index contributed by atoms with van der Waals surface area (Å²) in [6, 6.07) is 1.22. The van der Waals surface area contributed by atoms with E-state index >= 15 is 0 Å². The number of likely N-dealkylation sites (tertiary alicyclic amines) is 1. The van der Waals surface area contributed by atoms with Gasteiger partial charge < -0.3 is 15.3 Å². The molecule has 1 fully saturated rings. The average Bonchev–Trinajstić information content (AvgIpc) is 2.79. The second-order valence-electron chi connectivity index (χ2n) is 5.85. The maximum absolute atomic E-state index is 12.3. The Labute approximate surface area is 128 Å². The van der Waals surface area contributed by atoms with Crippen molar-refractivity contribution >= 4 is 17.8 Å². The van der Waals surface area contributed by atoms with Gasteiger partial charge in [-0.3, -0.25) is 9.69 Å². The number of carboxylic acid groups (broad SMARTS) is 1. The van der Waals surface area contributed by atoms with Gasteiger partial charge in [0.15, 0.2) is 0 Å². The molecular weight excluding hydrogens is 286 g/mol. The SMILES string of the molecule is CN1C(=O)C(NC(=O)O)CCn2nc(CCN3CCC3)cc21. The van der Waals surface area contributed by atoms with Gasteiger partial charge in [-0.1, -0.05) is 0 Å². The van der Waals surface area contributed by atoms with Crippen molar-refractivity contribution in [3.63, 3.8) is 0 Å². The second kappa shape index (κ2) is 5.96. The summed E-state index contributed by atoms with van der Waals surface area (Å²) in [7, 11) is 1.66. The number of amides is 2. The highest BCUT2D eigenvalue weighted by Crippen LogP contribution is 2.21. The van der Waals surface area contributed by atoms with Crippen LogP contribution in [0.5, 0.6) is 0 Å². The van der Waals surface area contributed by atoms with Crippen molar-refractivity contribution in [3.05, 3.63) is 11.8 Å². The molecule has 8 heteroatoms. The summed E-state index contributed by atoms with van der Waals surface area (Å²) in [6.07, 6.45) is 1.38. The number of carbonyl (C=O) groups excluding carboxylic acids is 1. The molecule has 1 aromatic heterocycles. The van der Waals surface area contributed by atoms with Crippen LogP contribution in [0.2, 0.25) is 0 Å². The van der Waals surface area contributed by atoms with E-state index in [4.69, 9.17) is 5.11 Å². The van der Waals surface area contributed by atoms with Crippen LogP contribution < -0.4 is 10.2 Å². The zero-order chi connectivity index (χ0) is 15.7. The quantitative estimate of drug-likeness (QED) is 0.825. The van der Waals surface area contributed by atoms with E-state index in [0.29, 0.717) is 13.0 Å².